The average Bonchev–Trinajstić information content (AvgIpc) is 2.70. The van der Waals surface area contributed by atoms with Gasteiger partial charge < -0.3 is 21.1 Å². The highest BCUT2D eigenvalue weighted by Gasteiger charge is 2.32. The van der Waals surface area contributed by atoms with Gasteiger partial charge in [0.1, 0.15) is 0 Å². The van der Waals surface area contributed by atoms with Crippen LogP contribution in [0.1, 0.15) is 70.7 Å². The number of nitrogens with one attached hydrogen (secondary N) is 3. The predicted molar refractivity (Wildman–Crippen MR) is 136 cm³/mol. The van der Waals surface area contributed by atoms with Crippen molar-refractivity contribution in [1.29, 1.82) is 0 Å². The fraction of sp³-hybridized carbons (Fsp3) is 0.536. The Morgan fingerprint density at radius 2 is 1.85 bits per heavy atom. The Kier molecular flexibility index (Phi) is 7.86. The molecule has 0 bridgehead atoms. The van der Waals surface area contributed by atoms with Crippen molar-refractivity contribution in [3.05, 3.63) is 65.2 Å². The number of benzene rings is 2. The second kappa shape index (κ2) is 10.3. The topological polar surface area (TPSA) is 73.4 Å². The summed E-state index contributed by atoms with van der Waals surface area (Å²) in [4.78, 5) is 11.8. The summed E-state index contributed by atoms with van der Waals surface area (Å²) in [6.45, 7) is 13.1. The molecule has 0 spiro atoms. The highest BCUT2D eigenvalue weighted by atomic mass is 16.3. The van der Waals surface area contributed by atoms with Crippen LogP contribution in [0.15, 0.2) is 48.5 Å². The van der Waals surface area contributed by atoms with Gasteiger partial charge in [-0.05, 0) is 61.3 Å². The van der Waals surface area contributed by atoms with E-state index in [0.717, 1.165) is 24.1 Å². The lowest BCUT2D eigenvalue weighted by Gasteiger charge is -2.40. The molecule has 33 heavy (non-hydrogen) atoms. The minimum absolute atomic E-state index is 0.0533. The maximum absolute atomic E-state index is 11.8. The number of rotatable bonds is 8. The molecule has 0 saturated heterocycles. The Labute approximate surface area is 199 Å². The van der Waals surface area contributed by atoms with Crippen LogP contribution in [-0.4, -0.2) is 35.2 Å². The molecule has 0 aliphatic carbocycles. The van der Waals surface area contributed by atoms with Crippen molar-refractivity contribution in [2.45, 2.75) is 84.5 Å². The van der Waals surface area contributed by atoms with Crippen LogP contribution in [0.25, 0.3) is 0 Å². The molecule has 1 aliphatic heterocycles. The van der Waals surface area contributed by atoms with E-state index in [0.29, 0.717) is 13.0 Å². The number of carbonyl (C=O) groups is 1. The van der Waals surface area contributed by atoms with Gasteiger partial charge in [-0.1, -0.05) is 63.2 Å². The first-order valence-electron chi connectivity index (χ1n) is 12.1. The van der Waals surface area contributed by atoms with Crippen LogP contribution in [0.2, 0.25) is 0 Å². The number of hydrogen-bond acceptors (Lipinski definition) is 4. The molecule has 3 atom stereocenters. The smallest absolute Gasteiger partial charge is 0.217 e. The summed E-state index contributed by atoms with van der Waals surface area (Å²) in [6.07, 6.45) is 1.82. The van der Waals surface area contributed by atoms with Crippen molar-refractivity contribution in [3.8, 4) is 0 Å². The highest BCUT2D eigenvalue weighted by molar-refractivity contribution is 5.73. The van der Waals surface area contributed by atoms with E-state index < -0.39 is 6.10 Å². The van der Waals surface area contributed by atoms with E-state index in [1.165, 1.54) is 18.1 Å². The minimum Gasteiger partial charge on any atom is -0.390 e. The van der Waals surface area contributed by atoms with Gasteiger partial charge in [0.15, 0.2) is 0 Å². The molecule has 2 aromatic carbocycles. The molecule has 5 heteroatoms. The summed E-state index contributed by atoms with van der Waals surface area (Å²) >= 11 is 0. The average molecular weight is 452 g/mol. The lowest BCUT2D eigenvalue weighted by Crippen LogP contribution is -2.50. The number of amides is 1. The number of aliphatic hydroxyl groups excluding tert-OH is 1. The zero-order valence-electron chi connectivity index (χ0n) is 21.0. The van der Waals surface area contributed by atoms with Crippen molar-refractivity contribution < 1.29 is 9.90 Å². The molecule has 1 aliphatic rings. The lowest BCUT2D eigenvalue weighted by atomic mass is 9.82. The number of fused-ring (bicyclic) bond motifs is 1. The second-order valence-corrected chi connectivity index (χ2v) is 11.4. The van der Waals surface area contributed by atoms with Gasteiger partial charge in [-0.25, -0.2) is 0 Å². The standard InChI is InChI=1S/C28H41N3O2/c1-19(32)30-24(15-20-10-8-7-9-11-20)26(33)18-29-25-17-28(5,6)31-23-13-12-21(14-22(23)25)16-27(2,3)4/h7-14,24-26,29,31,33H,15-18H2,1-6H3,(H,30,32)/t24-,25+,26+/m0/s1. The fourth-order valence-electron chi connectivity index (χ4n) is 4.77. The third-order valence-corrected chi connectivity index (χ3v) is 6.14. The molecule has 0 aromatic heterocycles. The number of carbonyl (C=O) groups excluding carboxylic acids is 1. The summed E-state index contributed by atoms with van der Waals surface area (Å²) in [7, 11) is 0. The quantitative estimate of drug-likeness (QED) is 0.473. The molecular formula is C28H41N3O2. The SMILES string of the molecule is CC(=O)N[C@@H](Cc1ccccc1)[C@H](O)CN[C@@H]1CC(C)(C)Nc2ccc(CC(C)(C)C)cc21. The number of hydrogen-bond donors (Lipinski definition) is 4. The van der Waals surface area contributed by atoms with Crippen molar-refractivity contribution >= 4 is 11.6 Å². The third-order valence-electron chi connectivity index (χ3n) is 6.14. The summed E-state index contributed by atoms with van der Waals surface area (Å²) < 4.78 is 0. The van der Waals surface area contributed by atoms with Gasteiger partial charge in [0.05, 0.1) is 12.1 Å². The molecule has 180 valence electrons. The monoisotopic (exact) mass is 451 g/mol. The maximum atomic E-state index is 11.8. The van der Waals surface area contributed by atoms with E-state index in [9.17, 15) is 9.90 Å². The largest absolute Gasteiger partial charge is 0.390 e. The Morgan fingerprint density at radius 1 is 1.15 bits per heavy atom. The fourth-order valence-corrected chi connectivity index (χ4v) is 4.77. The molecule has 3 rings (SSSR count). The second-order valence-electron chi connectivity index (χ2n) is 11.4. The lowest BCUT2D eigenvalue weighted by molar-refractivity contribution is -0.120. The van der Waals surface area contributed by atoms with Crippen LogP contribution >= 0.6 is 0 Å². The van der Waals surface area contributed by atoms with Gasteiger partial charge in [0.25, 0.3) is 0 Å². The Bertz CT molecular complexity index is 934. The number of aliphatic hydroxyl groups is 1. The van der Waals surface area contributed by atoms with Gasteiger partial charge in [0, 0.05) is 30.7 Å². The molecule has 0 unspecified atom stereocenters. The molecule has 2 aromatic rings. The summed E-state index contributed by atoms with van der Waals surface area (Å²) in [6, 6.07) is 16.5. The Morgan fingerprint density at radius 3 is 2.48 bits per heavy atom. The zero-order valence-corrected chi connectivity index (χ0v) is 21.0. The molecule has 5 nitrogen and oxygen atoms in total. The Hall–Kier alpha value is -2.37. The molecule has 0 saturated carbocycles. The molecule has 1 heterocycles. The van der Waals surface area contributed by atoms with Crippen molar-refractivity contribution in [2.24, 2.45) is 5.41 Å². The molecule has 1 amide bonds. The van der Waals surface area contributed by atoms with Gasteiger partial charge in [-0.3, -0.25) is 4.79 Å². The highest BCUT2D eigenvalue weighted by Crippen LogP contribution is 2.38. The van der Waals surface area contributed by atoms with E-state index in [1.807, 2.05) is 30.3 Å². The number of anilines is 1. The van der Waals surface area contributed by atoms with Crippen molar-refractivity contribution in [3.63, 3.8) is 0 Å². The summed E-state index contributed by atoms with van der Waals surface area (Å²) in [5.41, 5.74) is 4.99. The maximum Gasteiger partial charge on any atom is 0.217 e. The van der Waals surface area contributed by atoms with Gasteiger partial charge in [-0.15, -0.1) is 0 Å². The van der Waals surface area contributed by atoms with Crippen LogP contribution in [-0.2, 0) is 17.6 Å². The summed E-state index contributed by atoms with van der Waals surface area (Å²) in [5.74, 6) is -0.129. The normalized spacial score (nSPS) is 19.2. The molecular weight excluding hydrogens is 410 g/mol. The molecule has 4 N–H and O–H groups in total. The van der Waals surface area contributed by atoms with Crippen LogP contribution < -0.4 is 16.0 Å². The van der Waals surface area contributed by atoms with E-state index >= 15 is 0 Å². The van der Waals surface area contributed by atoms with E-state index in [-0.39, 0.29) is 28.9 Å². The predicted octanol–water partition coefficient (Wildman–Crippen LogP) is 4.61. The first-order chi connectivity index (χ1) is 15.4. The minimum atomic E-state index is -0.701. The van der Waals surface area contributed by atoms with Crippen molar-refractivity contribution in [1.82, 2.24) is 10.6 Å². The molecule has 0 fully saturated rings. The van der Waals surface area contributed by atoms with E-state index in [2.05, 4.69) is 68.8 Å². The van der Waals surface area contributed by atoms with Gasteiger partial charge in [-0.2, -0.15) is 0 Å². The van der Waals surface area contributed by atoms with Crippen LogP contribution in [0, 0.1) is 5.41 Å². The first-order valence-corrected chi connectivity index (χ1v) is 12.1. The van der Waals surface area contributed by atoms with Crippen LogP contribution in [0.3, 0.4) is 0 Å². The van der Waals surface area contributed by atoms with E-state index in [1.54, 1.807) is 0 Å². The van der Waals surface area contributed by atoms with Gasteiger partial charge in [0.2, 0.25) is 5.91 Å². The van der Waals surface area contributed by atoms with Crippen LogP contribution in [0.4, 0.5) is 5.69 Å². The zero-order chi connectivity index (χ0) is 24.2. The third kappa shape index (κ3) is 7.58. The van der Waals surface area contributed by atoms with Gasteiger partial charge >= 0.3 is 0 Å². The van der Waals surface area contributed by atoms with Crippen molar-refractivity contribution in [2.75, 3.05) is 11.9 Å². The van der Waals surface area contributed by atoms with E-state index in [4.69, 9.17) is 0 Å². The first kappa shape index (κ1) is 25.3. The summed E-state index contributed by atoms with van der Waals surface area (Å²) in [5, 5.41) is 21.3. The molecule has 0 radical (unpaired) electrons. The van der Waals surface area contributed by atoms with Crippen LogP contribution in [0.5, 0.6) is 0 Å². The Balaban J connectivity index is 1.75.